The lowest BCUT2D eigenvalue weighted by atomic mass is 10.1. The van der Waals surface area contributed by atoms with E-state index in [1.807, 2.05) is 30.3 Å². The lowest BCUT2D eigenvalue weighted by Crippen LogP contribution is -1.97. The van der Waals surface area contributed by atoms with Crippen LogP contribution in [0.15, 0.2) is 36.5 Å². The van der Waals surface area contributed by atoms with Gasteiger partial charge in [-0.25, -0.2) is 9.97 Å². The Morgan fingerprint density at radius 2 is 2.11 bits per heavy atom. The van der Waals surface area contributed by atoms with Crippen LogP contribution in [-0.4, -0.2) is 15.0 Å². The van der Waals surface area contributed by atoms with Gasteiger partial charge in [0, 0.05) is 17.3 Å². The molecule has 0 atom stereocenters. The molecule has 0 fully saturated rings. The fourth-order valence-electron chi connectivity index (χ4n) is 1.84. The van der Waals surface area contributed by atoms with Gasteiger partial charge in [0.05, 0.1) is 5.39 Å². The number of aromatic nitrogens is 3. The van der Waals surface area contributed by atoms with Gasteiger partial charge in [0.25, 0.3) is 0 Å². The maximum atomic E-state index is 5.90. The summed E-state index contributed by atoms with van der Waals surface area (Å²) in [4.78, 5) is 11.8. The van der Waals surface area contributed by atoms with E-state index in [4.69, 9.17) is 12.2 Å². The molecule has 0 bridgehead atoms. The Hall–Kier alpha value is -2.80. The number of terminal acetylenes is 1. The van der Waals surface area contributed by atoms with Gasteiger partial charge in [0.15, 0.2) is 5.82 Å². The van der Waals surface area contributed by atoms with Crippen LogP contribution in [0.2, 0.25) is 0 Å². The molecule has 86 valence electrons. The van der Waals surface area contributed by atoms with Crippen LogP contribution < -0.4 is 5.73 Å². The van der Waals surface area contributed by atoms with Crippen LogP contribution in [0, 0.1) is 12.3 Å². The minimum absolute atomic E-state index is 0.461. The summed E-state index contributed by atoms with van der Waals surface area (Å²) in [5.74, 6) is 3.62. The van der Waals surface area contributed by atoms with Crippen LogP contribution in [0.1, 0.15) is 5.56 Å². The number of nitrogens with zero attached hydrogens (tertiary/aromatic N) is 2. The van der Waals surface area contributed by atoms with E-state index < -0.39 is 0 Å². The maximum absolute atomic E-state index is 5.90. The Labute approximate surface area is 104 Å². The van der Waals surface area contributed by atoms with E-state index in [2.05, 4.69) is 20.9 Å². The number of nitrogens with two attached hydrogens (primary N) is 1. The highest BCUT2D eigenvalue weighted by Crippen LogP contribution is 2.22. The fraction of sp³-hybridized carbons (Fsp3) is 0. The van der Waals surface area contributed by atoms with Crippen LogP contribution in [0.3, 0.4) is 0 Å². The summed E-state index contributed by atoms with van der Waals surface area (Å²) in [6.45, 7) is 0. The molecule has 4 heteroatoms. The summed E-state index contributed by atoms with van der Waals surface area (Å²) >= 11 is 0. The van der Waals surface area contributed by atoms with Crippen molar-refractivity contribution in [3.05, 3.63) is 42.1 Å². The normalized spacial score (nSPS) is 10.4. The van der Waals surface area contributed by atoms with Crippen molar-refractivity contribution in [3.8, 4) is 23.7 Å². The molecule has 3 rings (SSSR count). The van der Waals surface area contributed by atoms with Gasteiger partial charge in [-0.05, 0) is 18.2 Å². The van der Waals surface area contributed by atoms with Gasteiger partial charge < -0.3 is 10.7 Å². The van der Waals surface area contributed by atoms with E-state index in [0.717, 1.165) is 22.2 Å². The summed E-state index contributed by atoms with van der Waals surface area (Å²) < 4.78 is 0. The van der Waals surface area contributed by atoms with Crippen molar-refractivity contribution in [3.63, 3.8) is 0 Å². The Morgan fingerprint density at radius 1 is 1.22 bits per heavy atom. The molecule has 1 aromatic carbocycles. The van der Waals surface area contributed by atoms with Gasteiger partial charge in [0.1, 0.15) is 11.5 Å². The third-order valence-corrected chi connectivity index (χ3v) is 2.73. The van der Waals surface area contributed by atoms with Crippen LogP contribution in [-0.2, 0) is 0 Å². The van der Waals surface area contributed by atoms with Crippen molar-refractivity contribution in [2.24, 2.45) is 0 Å². The average Bonchev–Trinajstić information content (AvgIpc) is 2.87. The molecule has 0 spiro atoms. The van der Waals surface area contributed by atoms with E-state index in [-0.39, 0.29) is 0 Å². The van der Waals surface area contributed by atoms with Gasteiger partial charge in [-0.1, -0.05) is 18.1 Å². The molecular weight excluding hydrogens is 224 g/mol. The summed E-state index contributed by atoms with van der Waals surface area (Å²) in [6, 6.07) is 9.36. The van der Waals surface area contributed by atoms with Crippen LogP contribution in [0.5, 0.6) is 0 Å². The monoisotopic (exact) mass is 234 g/mol. The molecule has 0 aliphatic carbocycles. The summed E-state index contributed by atoms with van der Waals surface area (Å²) in [5.41, 5.74) is 8.27. The first-order valence-electron chi connectivity index (χ1n) is 5.45. The quantitative estimate of drug-likeness (QED) is 0.634. The largest absolute Gasteiger partial charge is 0.383 e. The molecule has 3 N–H and O–H groups in total. The Kier molecular flexibility index (Phi) is 2.24. The van der Waals surface area contributed by atoms with Crippen molar-refractivity contribution in [2.45, 2.75) is 0 Å². The number of fused-ring (bicyclic) bond motifs is 1. The topological polar surface area (TPSA) is 67.6 Å². The van der Waals surface area contributed by atoms with Crippen molar-refractivity contribution in [1.29, 1.82) is 0 Å². The highest BCUT2D eigenvalue weighted by molar-refractivity contribution is 5.87. The predicted octanol–water partition coefficient (Wildman–Crippen LogP) is 2.19. The second-order valence-corrected chi connectivity index (χ2v) is 3.90. The summed E-state index contributed by atoms with van der Waals surface area (Å²) in [7, 11) is 0. The van der Waals surface area contributed by atoms with Crippen LogP contribution >= 0.6 is 0 Å². The predicted molar refractivity (Wildman–Crippen MR) is 71.7 cm³/mol. The lowest BCUT2D eigenvalue weighted by molar-refractivity contribution is 1.21. The molecule has 0 amide bonds. The zero-order valence-corrected chi connectivity index (χ0v) is 9.51. The lowest BCUT2D eigenvalue weighted by Gasteiger charge is -2.03. The molecule has 0 radical (unpaired) electrons. The number of H-pyrrole nitrogens is 1. The number of aromatic amines is 1. The molecule has 2 heterocycles. The van der Waals surface area contributed by atoms with E-state index >= 15 is 0 Å². The molecular formula is C14H10N4. The molecule has 0 aliphatic heterocycles. The Balaban J connectivity index is 2.22. The van der Waals surface area contributed by atoms with E-state index in [9.17, 15) is 0 Å². The standard InChI is InChI=1S/C14H10N4/c1-2-9-4-3-5-10(8-9)13-17-12(15)11-6-7-16-14(11)18-13/h1,3-8H,(H3,15,16,17,18). The first-order chi connectivity index (χ1) is 8.78. The van der Waals surface area contributed by atoms with E-state index in [0.29, 0.717) is 11.6 Å². The maximum Gasteiger partial charge on any atom is 0.163 e. The molecule has 0 unspecified atom stereocenters. The number of hydrogen-bond donors (Lipinski definition) is 2. The first-order valence-corrected chi connectivity index (χ1v) is 5.45. The zero-order valence-electron chi connectivity index (χ0n) is 9.51. The first kappa shape index (κ1) is 10.4. The molecule has 0 saturated carbocycles. The van der Waals surface area contributed by atoms with Gasteiger partial charge in [-0.3, -0.25) is 0 Å². The molecule has 0 saturated heterocycles. The van der Waals surface area contributed by atoms with Gasteiger partial charge >= 0.3 is 0 Å². The highest BCUT2D eigenvalue weighted by Gasteiger charge is 2.07. The Bertz CT molecular complexity index is 765. The summed E-state index contributed by atoms with van der Waals surface area (Å²) in [6.07, 6.45) is 7.17. The number of rotatable bonds is 1. The number of anilines is 1. The fourth-order valence-corrected chi connectivity index (χ4v) is 1.84. The molecule has 4 nitrogen and oxygen atoms in total. The number of hydrogen-bond acceptors (Lipinski definition) is 3. The van der Waals surface area contributed by atoms with Crippen molar-refractivity contribution >= 4 is 16.9 Å². The SMILES string of the molecule is C#Cc1cccc(-c2nc(N)c3cc[nH]c3n2)c1. The second kappa shape index (κ2) is 3.90. The second-order valence-electron chi connectivity index (χ2n) is 3.90. The minimum Gasteiger partial charge on any atom is -0.383 e. The van der Waals surface area contributed by atoms with Crippen molar-refractivity contribution in [1.82, 2.24) is 15.0 Å². The Morgan fingerprint density at radius 3 is 2.94 bits per heavy atom. The molecule has 0 aliphatic rings. The van der Waals surface area contributed by atoms with Gasteiger partial charge in [-0.15, -0.1) is 6.42 Å². The number of nitrogen functional groups attached to an aromatic ring is 1. The van der Waals surface area contributed by atoms with E-state index in [1.54, 1.807) is 6.20 Å². The number of benzene rings is 1. The zero-order chi connectivity index (χ0) is 12.5. The molecule has 18 heavy (non-hydrogen) atoms. The molecule has 2 aromatic heterocycles. The average molecular weight is 234 g/mol. The highest BCUT2D eigenvalue weighted by atomic mass is 15.0. The summed E-state index contributed by atoms with van der Waals surface area (Å²) in [5, 5.41) is 0.826. The third kappa shape index (κ3) is 1.59. The van der Waals surface area contributed by atoms with Gasteiger partial charge in [-0.2, -0.15) is 0 Å². The van der Waals surface area contributed by atoms with E-state index in [1.165, 1.54) is 0 Å². The van der Waals surface area contributed by atoms with Crippen molar-refractivity contribution < 1.29 is 0 Å². The van der Waals surface area contributed by atoms with Gasteiger partial charge in [0.2, 0.25) is 0 Å². The molecule has 3 aromatic rings. The minimum atomic E-state index is 0.461. The van der Waals surface area contributed by atoms with Crippen LogP contribution in [0.4, 0.5) is 5.82 Å². The smallest absolute Gasteiger partial charge is 0.163 e. The third-order valence-electron chi connectivity index (χ3n) is 2.73. The van der Waals surface area contributed by atoms with Crippen molar-refractivity contribution in [2.75, 3.05) is 5.73 Å². The number of nitrogens with one attached hydrogen (secondary N) is 1. The van der Waals surface area contributed by atoms with Crippen LogP contribution in [0.25, 0.3) is 22.4 Å².